The molecule has 2 rings (SSSR count). The number of nitrogens with zero attached hydrogens (tertiary/aromatic N) is 2. The number of carboxylic acids is 1. The molecule has 1 aromatic carbocycles. The number of likely N-dealkylation sites (N-methyl/N-ethyl adjacent to an activating group) is 1. The van der Waals surface area contributed by atoms with E-state index in [2.05, 4.69) is 4.90 Å². The lowest BCUT2D eigenvalue weighted by Gasteiger charge is -2.44. The van der Waals surface area contributed by atoms with Crippen molar-refractivity contribution >= 4 is 11.9 Å². The molecule has 108 valence electrons. The fraction of sp³-hybridized carbons (Fsp3) is 0.467. The van der Waals surface area contributed by atoms with Crippen molar-refractivity contribution in [3.63, 3.8) is 0 Å². The first-order valence-corrected chi connectivity index (χ1v) is 6.78. The van der Waals surface area contributed by atoms with Gasteiger partial charge in [-0.2, -0.15) is 0 Å². The van der Waals surface area contributed by atoms with Gasteiger partial charge in [0.05, 0.1) is 12.5 Å². The molecule has 0 spiro atoms. The van der Waals surface area contributed by atoms with Crippen molar-refractivity contribution in [2.45, 2.75) is 25.4 Å². The summed E-state index contributed by atoms with van der Waals surface area (Å²) in [5.41, 5.74) is 0.611. The average molecular weight is 276 g/mol. The topological polar surface area (TPSA) is 60.9 Å². The van der Waals surface area contributed by atoms with Crippen LogP contribution in [0.2, 0.25) is 0 Å². The molecule has 0 radical (unpaired) electrons. The van der Waals surface area contributed by atoms with E-state index in [4.69, 9.17) is 5.11 Å². The molecular weight excluding hydrogens is 256 g/mol. The highest BCUT2D eigenvalue weighted by Crippen LogP contribution is 2.21. The number of amides is 1. The van der Waals surface area contributed by atoms with Crippen molar-refractivity contribution in [2.75, 3.05) is 20.1 Å². The van der Waals surface area contributed by atoms with Crippen LogP contribution in [0.4, 0.5) is 0 Å². The molecule has 1 aliphatic heterocycles. The van der Waals surface area contributed by atoms with E-state index in [1.54, 1.807) is 17.0 Å². The highest BCUT2D eigenvalue weighted by molar-refractivity contribution is 5.94. The van der Waals surface area contributed by atoms with Crippen LogP contribution in [0.15, 0.2) is 30.3 Å². The van der Waals surface area contributed by atoms with Crippen LogP contribution in [-0.4, -0.2) is 59.0 Å². The Labute approximate surface area is 118 Å². The SMILES string of the molecule is C[C@@H]1[C@@H](CC(=O)O)N(C(=O)c2ccccc2)CCN1C. The molecule has 1 heterocycles. The molecule has 5 heteroatoms. The van der Waals surface area contributed by atoms with Gasteiger partial charge in [-0.25, -0.2) is 0 Å². The number of hydrogen-bond acceptors (Lipinski definition) is 3. The van der Waals surface area contributed by atoms with Gasteiger partial charge in [-0.15, -0.1) is 0 Å². The minimum atomic E-state index is -0.872. The molecule has 0 bridgehead atoms. The van der Waals surface area contributed by atoms with E-state index in [0.717, 1.165) is 6.54 Å². The van der Waals surface area contributed by atoms with Crippen molar-refractivity contribution in [3.05, 3.63) is 35.9 Å². The Kier molecular flexibility index (Phi) is 4.39. The van der Waals surface area contributed by atoms with Crippen molar-refractivity contribution in [1.82, 2.24) is 9.80 Å². The minimum absolute atomic E-state index is 0.0237. The van der Waals surface area contributed by atoms with E-state index >= 15 is 0 Å². The summed E-state index contributed by atoms with van der Waals surface area (Å²) in [6, 6.07) is 8.77. The van der Waals surface area contributed by atoms with Crippen LogP contribution in [0.3, 0.4) is 0 Å². The second kappa shape index (κ2) is 6.05. The van der Waals surface area contributed by atoms with Crippen molar-refractivity contribution in [3.8, 4) is 0 Å². The molecule has 0 aromatic heterocycles. The van der Waals surface area contributed by atoms with E-state index < -0.39 is 5.97 Å². The Bertz CT molecular complexity index is 489. The van der Waals surface area contributed by atoms with E-state index in [9.17, 15) is 9.59 Å². The van der Waals surface area contributed by atoms with Gasteiger partial charge >= 0.3 is 5.97 Å². The number of carbonyl (C=O) groups is 2. The second-order valence-corrected chi connectivity index (χ2v) is 5.25. The Morgan fingerprint density at radius 3 is 2.50 bits per heavy atom. The van der Waals surface area contributed by atoms with Crippen LogP contribution in [0.25, 0.3) is 0 Å². The molecule has 2 atom stereocenters. The Morgan fingerprint density at radius 1 is 1.25 bits per heavy atom. The van der Waals surface area contributed by atoms with Gasteiger partial charge < -0.3 is 10.0 Å². The maximum atomic E-state index is 12.6. The summed E-state index contributed by atoms with van der Waals surface area (Å²) in [5, 5.41) is 9.08. The number of hydrogen-bond donors (Lipinski definition) is 1. The number of rotatable bonds is 3. The van der Waals surface area contributed by atoms with E-state index in [1.807, 2.05) is 32.2 Å². The van der Waals surface area contributed by atoms with Crippen molar-refractivity contribution in [2.24, 2.45) is 0 Å². The number of carbonyl (C=O) groups excluding carboxylic acids is 1. The maximum absolute atomic E-state index is 12.6. The zero-order valence-corrected chi connectivity index (χ0v) is 11.8. The normalized spacial score (nSPS) is 23.6. The van der Waals surface area contributed by atoms with Gasteiger partial charge in [-0.3, -0.25) is 14.5 Å². The molecule has 0 aliphatic carbocycles. The number of benzene rings is 1. The standard InChI is InChI=1S/C15H20N2O3/c1-11-13(10-14(18)19)17(9-8-16(11)2)15(20)12-6-4-3-5-7-12/h3-7,11,13H,8-10H2,1-2H3,(H,18,19)/t11-,13-/m1/s1. The second-order valence-electron chi connectivity index (χ2n) is 5.25. The van der Waals surface area contributed by atoms with E-state index in [1.165, 1.54) is 0 Å². The van der Waals surface area contributed by atoms with Crippen LogP contribution in [-0.2, 0) is 4.79 Å². The molecule has 20 heavy (non-hydrogen) atoms. The van der Waals surface area contributed by atoms with Gasteiger partial charge in [0.25, 0.3) is 5.91 Å². The molecule has 5 nitrogen and oxygen atoms in total. The first kappa shape index (κ1) is 14.5. The quantitative estimate of drug-likeness (QED) is 0.904. The number of aliphatic carboxylic acids is 1. The highest BCUT2D eigenvalue weighted by atomic mass is 16.4. The average Bonchev–Trinajstić information content (AvgIpc) is 2.44. The fourth-order valence-electron chi connectivity index (χ4n) is 2.65. The summed E-state index contributed by atoms with van der Waals surface area (Å²) in [5.74, 6) is -0.959. The highest BCUT2D eigenvalue weighted by Gasteiger charge is 2.36. The summed E-state index contributed by atoms with van der Waals surface area (Å²) in [4.78, 5) is 27.4. The Morgan fingerprint density at radius 2 is 1.90 bits per heavy atom. The van der Waals surface area contributed by atoms with Gasteiger partial charge in [0, 0.05) is 24.7 Å². The summed E-state index contributed by atoms with van der Waals surface area (Å²) in [6.07, 6.45) is -0.0237. The summed E-state index contributed by atoms with van der Waals surface area (Å²) in [7, 11) is 1.96. The van der Waals surface area contributed by atoms with Crippen LogP contribution >= 0.6 is 0 Å². The zero-order chi connectivity index (χ0) is 14.7. The lowest BCUT2D eigenvalue weighted by molar-refractivity contribution is -0.139. The molecule has 0 unspecified atom stereocenters. The summed E-state index contributed by atoms with van der Waals surface area (Å²) < 4.78 is 0. The molecular formula is C15H20N2O3. The summed E-state index contributed by atoms with van der Waals surface area (Å²) in [6.45, 7) is 3.29. The third kappa shape index (κ3) is 2.99. The van der Waals surface area contributed by atoms with Gasteiger partial charge in [0.1, 0.15) is 0 Å². The third-order valence-electron chi connectivity index (χ3n) is 4.01. The van der Waals surface area contributed by atoms with Crippen molar-refractivity contribution < 1.29 is 14.7 Å². The Hall–Kier alpha value is -1.88. The third-order valence-corrected chi connectivity index (χ3v) is 4.01. The molecule has 1 aliphatic rings. The first-order chi connectivity index (χ1) is 9.50. The van der Waals surface area contributed by atoms with E-state index in [-0.39, 0.29) is 24.4 Å². The van der Waals surface area contributed by atoms with Crippen LogP contribution in [0, 0.1) is 0 Å². The summed E-state index contributed by atoms with van der Waals surface area (Å²) >= 11 is 0. The lowest BCUT2D eigenvalue weighted by atomic mass is 9.99. The zero-order valence-electron chi connectivity index (χ0n) is 11.8. The predicted octanol–water partition coefficient (Wildman–Crippen LogP) is 1.31. The van der Waals surface area contributed by atoms with Gasteiger partial charge in [-0.1, -0.05) is 18.2 Å². The molecule has 1 aromatic rings. The van der Waals surface area contributed by atoms with Gasteiger partial charge in [-0.05, 0) is 26.1 Å². The van der Waals surface area contributed by atoms with Crippen LogP contribution in [0.1, 0.15) is 23.7 Å². The molecule has 0 saturated carbocycles. The smallest absolute Gasteiger partial charge is 0.305 e. The maximum Gasteiger partial charge on any atom is 0.305 e. The fourth-order valence-corrected chi connectivity index (χ4v) is 2.65. The molecule has 1 N–H and O–H groups in total. The van der Waals surface area contributed by atoms with Crippen molar-refractivity contribution in [1.29, 1.82) is 0 Å². The van der Waals surface area contributed by atoms with Gasteiger partial charge in [0.2, 0.25) is 0 Å². The Balaban J connectivity index is 2.23. The number of carboxylic acid groups (broad SMARTS) is 1. The predicted molar refractivity (Wildman–Crippen MR) is 75.6 cm³/mol. The largest absolute Gasteiger partial charge is 0.481 e. The van der Waals surface area contributed by atoms with E-state index in [0.29, 0.717) is 12.1 Å². The van der Waals surface area contributed by atoms with Gasteiger partial charge in [0.15, 0.2) is 0 Å². The number of piperazine rings is 1. The monoisotopic (exact) mass is 276 g/mol. The lowest BCUT2D eigenvalue weighted by Crippen LogP contribution is -2.59. The minimum Gasteiger partial charge on any atom is -0.481 e. The van der Waals surface area contributed by atoms with Crippen LogP contribution in [0.5, 0.6) is 0 Å². The molecule has 1 fully saturated rings. The van der Waals surface area contributed by atoms with Crippen LogP contribution < -0.4 is 0 Å². The first-order valence-electron chi connectivity index (χ1n) is 6.78. The molecule has 1 saturated heterocycles. The molecule has 1 amide bonds.